The summed E-state index contributed by atoms with van der Waals surface area (Å²) in [5.74, 6) is -1.58. The Morgan fingerprint density at radius 3 is 2.10 bits per heavy atom. The number of nitrogens with one attached hydrogen (secondary N) is 2. The molecule has 0 saturated carbocycles. The van der Waals surface area contributed by atoms with E-state index in [1.165, 1.54) is 24.3 Å². The second-order valence-corrected chi connectivity index (χ2v) is 9.47. The van der Waals surface area contributed by atoms with Gasteiger partial charge in [-0.3, -0.25) is 19.7 Å². The summed E-state index contributed by atoms with van der Waals surface area (Å²) in [6.45, 7) is 0. The number of nitrogens with zero attached hydrogens (tertiary/aromatic N) is 2. The number of carbonyl (C=O) groups excluding carboxylic acids is 3. The van der Waals surface area contributed by atoms with Crippen molar-refractivity contribution < 1.29 is 24.0 Å². The van der Waals surface area contributed by atoms with Crippen LogP contribution in [0.25, 0.3) is 0 Å². The fraction of sp³-hybridized carbons (Fsp3) is 0. The molecule has 10 nitrogen and oxygen atoms in total. The van der Waals surface area contributed by atoms with Crippen LogP contribution in [0.15, 0.2) is 101 Å². The van der Waals surface area contributed by atoms with Gasteiger partial charge in [0.05, 0.1) is 16.7 Å². The van der Waals surface area contributed by atoms with Gasteiger partial charge in [-0.2, -0.15) is 5.10 Å². The molecule has 4 aromatic carbocycles. The van der Waals surface area contributed by atoms with Crippen LogP contribution in [-0.2, 0) is 0 Å². The third-order valence-electron chi connectivity index (χ3n) is 5.37. The zero-order chi connectivity index (χ0) is 28.6. The first-order valence-electron chi connectivity index (χ1n) is 11.5. The average molecular weight is 622 g/mol. The molecule has 2 amide bonds. The number of benzene rings is 4. The van der Waals surface area contributed by atoms with Gasteiger partial charge in [0.25, 0.3) is 17.5 Å². The minimum atomic E-state index is -0.678. The Balaban J connectivity index is 1.42. The maximum atomic E-state index is 12.6. The molecule has 200 valence electrons. The Hall–Kier alpha value is -4.87. The Morgan fingerprint density at radius 1 is 0.850 bits per heavy atom. The molecule has 0 bridgehead atoms. The van der Waals surface area contributed by atoms with E-state index in [2.05, 4.69) is 31.8 Å². The van der Waals surface area contributed by atoms with Gasteiger partial charge in [-0.05, 0) is 78.9 Å². The van der Waals surface area contributed by atoms with Gasteiger partial charge in [-0.25, -0.2) is 10.2 Å². The van der Waals surface area contributed by atoms with Crippen molar-refractivity contribution in [1.29, 1.82) is 0 Å². The molecule has 0 unspecified atom stereocenters. The van der Waals surface area contributed by atoms with Crippen LogP contribution in [0.5, 0.6) is 5.75 Å². The molecule has 40 heavy (non-hydrogen) atoms. The number of hydrogen-bond acceptors (Lipinski definition) is 7. The maximum Gasteiger partial charge on any atom is 0.343 e. The number of ether oxygens (including phenoxy) is 1. The molecular weight excluding hydrogens is 604 g/mol. The van der Waals surface area contributed by atoms with E-state index in [1.807, 2.05) is 0 Å². The summed E-state index contributed by atoms with van der Waals surface area (Å²) >= 11 is 9.13. The Labute approximate surface area is 240 Å². The fourth-order valence-electron chi connectivity index (χ4n) is 3.32. The van der Waals surface area contributed by atoms with E-state index >= 15 is 0 Å². The molecule has 0 aliphatic heterocycles. The normalized spacial score (nSPS) is 10.7. The molecule has 0 heterocycles. The van der Waals surface area contributed by atoms with Crippen LogP contribution >= 0.6 is 27.5 Å². The number of nitro groups is 1. The van der Waals surface area contributed by atoms with Crippen LogP contribution in [-0.4, -0.2) is 28.9 Å². The van der Waals surface area contributed by atoms with Crippen molar-refractivity contribution in [2.45, 2.75) is 0 Å². The van der Waals surface area contributed by atoms with Crippen LogP contribution in [0.1, 0.15) is 36.6 Å². The Bertz CT molecular complexity index is 1610. The second-order valence-electron chi connectivity index (χ2n) is 8.11. The van der Waals surface area contributed by atoms with Gasteiger partial charge in [0.2, 0.25) is 0 Å². The number of carbonyl (C=O) groups is 3. The van der Waals surface area contributed by atoms with E-state index in [1.54, 1.807) is 60.7 Å². The standard InChI is InChI=1S/C28H18BrClN4O6/c29-21-7-1-19(2-8-21)28(37)40-25-14-13-24(34(38)39)15-20(25)16-31-33-27(36)18-5-11-23(12-6-18)32-26(35)17-3-9-22(30)10-4-17/h1-16H,(H,32,35)(H,33,36)/b31-16+. The van der Waals surface area contributed by atoms with Crippen molar-refractivity contribution in [1.82, 2.24) is 5.43 Å². The lowest BCUT2D eigenvalue weighted by atomic mass is 10.1. The molecule has 12 heteroatoms. The highest BCUT2D eigenvalue weighted by atomic mass is 79.9. The number of rotatable bonds is 8. The van der Waals surface area contributed by atoms with Crippen LogP contribution in [0.4, 0.5) is 11.4 Å². The SMILES string of the molecule is O=C(N/N=C/c1cc([N+](=O)[O-])ccc1OC(=O)c1ccc(Br)cc1)c1ccc(NC(=O)c2ccc(Cl)cc2)cc1. The van der Waals surface area contributed by atoms with E-state index in [4.69, 9.17) is 16.3 Å². The summed E-state index contributed by atoms with van der Waals surface area (Å²) in [4.78, 5) is 48.1. The third kappa shape index (κ3) is 7.37. The molecule has 0 radical (unpaired) electrons. The molecule has 0 aliphatic rings. The molecule has 0 fully saturated rings. The van der Waals surface area contributed by atoms with E-state index in [0.717, 1.165) is 16.8 Å². The number of nitro benzene ring substituents is 1. The van der Waals surface area contributed by atoms with Crippen LogP contribution in [0.2, 0.25) is 5.02 Å². The highest BCUT2D eigenvalue weighted by Crippen LogP contribution is 2.24. The van der Waals surface area contributed by atoms with Crippen molar-refractivity contribution in [2.24, 2.45) is 5.10 Å². The van der Waals surface area contributed by atoms with Gasteiger partial charge in [-0.1, -0.05) is 27.5 Å². The first kappa shape index (κ1) is 28.1. The van der Waals surface area contributed by atoms with Crippen molar-refractivity contribution in [3.63, 3.8) is 0 Å². The molecular formula is C28H18BrClN4O6. The Morgan fingerprint density at radius 2 is 1.45 bits per heavy atom. The average Bonchev–Trinajstić information content (AvgIpc) is 2.94. The number of hydrazone groups is 1. The number of anilines is 1. The number of hydrogen-bond donors (Lipinski definition) is 2. The molecule has 0 aliphatic carbocycles. The number of esters is 1. The minimum absolute atomic E-state index is 0.0114. The monoisotopic (exact) mass is 620 g/mol. The van der Waals surface area contributed by atoms with Crippen molar-refractivity contribution in [3.05, 3.63) is 133 Å². The summed E-state index contributed by atoms with van der Waals surface area (Å²) in [6, 6.07) is 22.5. The quantitative estimate of drug-likeness (QED) is 0.0784. The van der Waals surface area contributed by atoms with Gasteiger partial charge >= 0.3 is 5.97 Å². The second kappa shape index (κ2) is 12.8. The molecule has 0 aromatic heterocycles. The van der Waals surface area contributed by atoms with Crippen molar-refractivity contribution in [2.75, 3.05) is 5.32 Å². The molecule has 0 spiro atoms. The molecule has 0 atom stereocenters. The lowest BCUT2D eigenvalue weighted by Crippen LogP contribution is -2.18. The van der Waals surface area contributed by atoms with Gasteiger partial charge in [-0.15, -0.1) is 0 Å². The zero-order valence-electron chi connectivity index (χ0n) is 20.3. The smallest absolute Gasteiger partial charge is 0.343 e. The highest BCUT2D eigenvalue weighted by molar-refractivity contribution is 9.10. The van der Waals surface area contributed by atoms with Crippen molar-refractivity contribution >= 4 is 62.9 Å². The maximum absolute atomic E-state index is 12.6. The van der Waals surface area contributed by atoms with Gasteiger partial charge in [0.1, 0.15) is 5.75 Å². The number of amides is 2. The summed E-state index contributed by atoms with van der Waals surface area (Å²) in [5.41, 5.74) is 3.56. The lowest BCUT2D eigenvalue weighted by Gasteiger charge is -2.08. The molecule has 2 N–H and O–H groups in total. The third-order valence-corrected chi connectivity index (χ3v) is 6.15. The van der Waals surface area contributed by atoms with Crippen LogP contribution in [0.3, 0.4) is 0 Å². The predicted octanol–water partition coefficient (Wildman–Crippen LogP) is 6.25. The highest BCUT2D eigenvalue weighted by Gasteiger charge is 2.15. The molecule has 4 aromatic rings. The first-order valence-corrected chi connectivity index (χ1v) is 12.6. The van der Waals surface area contributed by atoms with E-state index in [-0.39, 0.29) is 34.0 Å². The Kier molecular flexibility index (Phi) is 9.00. The largest absolute Gasteiger partial charge is 0.422 e. The minimum Gasteiger partial charge on any atom is -0.422 e. The van der Waals surface area contributed by atoms with Crippen LogP contribution in [0, 0.1) is 10.1 Å². The summed E-state index contributed by atoms with van der Waals surface area (Å²) in [5, 5.41) is 18.3. The van der Waals surface area contributed by atoms with Crippen molar-refractivity contribution in [3.8, 4) is 5.75 Å². The van der Waals surface area contributed by atoms with Gasteiger partial charge in [0, 0.05) is 44.0 Å². The zero-order valence-corrected chi connectivity index (χ0v) is 22.7. The molecule has 0 saturated heterocycles. The van der Waals surface area contributed by atoms with Gasteiger partial charge in [0.15, 0.2) is 0 Å². The fourth-order valence-corrected chi connectivity index (χ4v) is 3.71. The number of non-ortho nitro benzene ring substituents is 1. The topological polar surface area (TPSA) is 140 Å². The summed E-state index contributed by atoms with van der Waals surface area (Å²) in [7, 11) is 0. The van der Waals surface area contributed by atoms with Crippen LogP contribution < -0.4 is 15.5 Å². The van der Waals surface area contributed by atoms with E-state index in [0.29, 0.717) is 16.3 Å². The van der Waals surface area contributed by atoms with E-state index in [9.17, 15) is 24.5 Å². The molecule has 4 rings (SSSR count). The lowest BCUT2D eigenvalue weighted by molar-refractivity contribution is -0.384. The van der Waals surface area contributed by atoms with E-state index < -0.39 is 16.8 Å². The number of halogens is 2. The first-order chi connectivity index (χ1) is 19.2. The predicted molar refractivity (Wildman–Crippen MR) is 153 cm³/mol. The summed E-state index contributed by atoms with van der Waals surface area (Å²) in [6.07, 6.45) is 1.13. The van der Waals surface area contributed by atoms with Gasteiger partial charge < -0.3 is 10.1 Å². The summed E-state index contributed by atoms with van der Waals surface area (Å²) < 4.78 is 6.19.